The number of H-pyrrole nitrogens is 1. The number of allylic oxidation sites excluding steroid dienone is 1. The Morgan fingerprint density at radius 1 is 1.40 bits per heavy atom. The highest BCUT2D eigenvalue weighted by Crippen LogP contribution is 2.42. The Hall–Kier alpha value is -3.61. The molecule has 1 saturated heterocycles. The van der Waals surface area contributed by atoms with E-state index in [0.717, 1.165) is 6.42 Å². The number of ether oxygens (including phenoxy) is 2. The largest absolute Gasteiger partial charge is 0.454 e. The van der Waals surface area contributed by atoms with E-state index >= 15 is 0 Å². The first kappa shape index (κ1) is 14.9. The van der Waals surface area contributed by atoms with E-state index in [2.05, 4.69) is 25.9 Å². The van der Waals surface area contributed by atoms with Gasteiger partial charge in [0.1, 0.15) is 11.6 Å². The second-order valence-corrected chi connectivity index (χ2v) is 5.42. The van der Waals surface area contributed by atoms with Gasteiger partial charge in [0, 0.05) is 31.3 Å². The number of carbonyl (C=O) groups is 1. The van der Waals surface area contributed by atoms with Crippen LogP contribution in [-0.4, -0.2) is 39.9 Å². The molecule has 126 valence electrons. The molecule has 0 saturated carbocycles. The van der Waals surface area contributed by atoms with Crippen molar-refractivity contribution < 1.29 is 14.3 Å². The molecule has 0 bridgehead atoms. The number of aromatic nitrogens is 4. The number of amides is 1. The zero-order valence-electron chi connectivity index (χ0n) is 13.0. The van der Waals surface area contributed by atoms with Crippen LogP contribution in [0.5, 0.6) is 11.5 Å². The molecule has 0 spiro atoms. The molecule has 10 heteroatoms. The number of hydrogen-bond acceptors (Lipinski definition) is 8. The molecule has 1 aromatic heterocycles. The first-order valence-corrected chi connectivity index (χ1v) is 7.61. The van der Waals surface area contributed by atoms with Crippen LogP contribution in [0.4, 0.5) is 11.4 Å². The zero-order chi connectivity index (χ0) is 17.2. The van der Waals surface area contributed by atoms with Crippen molar-refractivity contribution in [2.24, 2.45) is 0 Å². The van der Waals surface area contributed by atoms with Crippen LogP contribution in [0.15, 0.2) is 18.3 Å². The van der Waals surface area contributed by atoms with Crippen LogP contribution in [0.2, 0.25) is 0 Å². The summed E-state index contributed by atoms with van der Waals surface area (Å²) in [5, 5.41) is 25.6. The lowest BCUT2D eigenvalue weighted by atomic mass is 10.2. The Labute approximate surface area is 142 Å². The van der Waals surface area contributed by atoms with Crippen molar-refractivity contribution in [1.29, 1.82) is 5.26 Å². The summed E-state index contributed by atoms with van der Waals surface area (Å²) in [6, 6.07) is 5.51. The third kappa shape index (κ3) is 2.72. The van der Waals surface area contributed by atoms with Gasteiger partial charge in [-0.3, -0.25) is 4.79 Å². The van der Waals surface area contributed by atoms with Gasteiger partial charge in [0.25, 0.3) is 0 Å². The quantitative estimate of drug-likeness (QED) is 0.790. The molecule has 2 aromatic rings. The Bertz CT molecular complexity index is 885. The number of rotatable bonds is 4. The molecular weight excluding hydrogens is 326 g/mol. The van der Waals surface area contributed by atoms with Gasteiger partial charge in [-0.15, -0.1) is 10.2 Å². The fraction of sp³-hybridized carbons (Fsp3) is 0.267. The maximum absolute atomic E-state index is 12.1. The summed E-state index contributed by atoms with van der Waals surface area (Å²) in [5.41, 5.74) is 1.49. The average Bonchev–Trinajstić information content (AvgIpc) is 3.35. The van der Waals surface area contributed by atoms with E-state index in [1.807, 2.05) is 6.07 Å². The van der Waals surface area contributed by atoms with E-state index in [4.69, 9.17) is 9.47 Å². The van der Waals surface area contributed by atoms with E-state index in [1.165, 1.54) is 6.20 Å². The number of aromatic amines is 1. The second kappa shape index (κ2) is 6.12. The van der Waals surface area contributed by atoms with Crippen LogP contribution in [0.25, 0.3) is 5.57 Å². The molecule has 0 unspecified atom stereocenters. The molecule has 1 amide bonds. The fourth-order valence-electron chi connectivity index (χ4n) is 2.75. The van der Waals surface area contributed by atoms with Gasteiger partial charge in [-0.05, 0) is 11.6 Å². The second-order valence-electron chi connectivity index (χ2n) is 5.42. The van der Waals surface area contributed by atoms with Crippen molar-refractivity contribution >= 4 is 22.9 Å². The summed E-state index contributed by atoms with van der Waals surface area (Å²) >= 11 is 0. The van der Waals surface area contributed by atoms with Crippen molar-refractivity contribution in [3.05, 3.63) is 24.2 Å². The van der Waals surface area contributed by atoms with Crippen LogP contribution < -0.4 is 19.7 Å². The summed E-state index contributed by atoms with van der Waals surface area (Å²) in [4.78, 5) is 13.8. The number of benzene rings is 1. The van der Waals surface area contributed by atoms with Crippen molar-refractivity contribution in [3.8, 4) is 17.6 Å². The van der Waals surface area contributed by atoms with E-state index < -0.39 is 0 Å². The predicted octanol–water partition coefficient (Wildman–Crippen LogP) is 1.03. The molecular formula is C15H13N7O3. The van der Waals surface area contributed by atoms with E-state index in [-0.39, 0.29) is 24.1 Å². The first-order valence-electron chi connectivity index (χ1n) is 7.61. The van der Waals surface area contributed by atoms with Gasteiger partial charge in [-0.1, -0.05) is 0 Å². The third-order valence-electron chi connectivity index (χ3n) is 3.93. The molecule has 0 atom stereocenters. The highest BCUT2D eigenvalue weighted by atomic mass is 16.7. The van der Waals surface area contributed by atoms with Crippen molar-refractivity contribution in [3.63, 3.8) is 0 Å². The Morgan fingerprint density at radius 3 is 2.92 bits per heavy atom. The number of hydrogen-bond donors (Lipinski definition) is 2. The minimum absolute atomic E-state index is 0.0459. The summed E-state index contributed by atoms with van der Waals surface area (Å²) in [6.45, 7) is 0.765. The van der Waals surface area contributed by atoms with Crippen molar-refractivity contribution in [2.75, 3.05) is 23.6 Å². The molecule has 4 rings (SSSR count). The highest BCUT2D eigenvalue weighted by Gasteiger charge is 2.27. The van der Waals surface area contributed by atoms with Crippen LogP contribution in [-0.2, 0) is 4.79 Å². The Balaban J connectivity index is 1.71. The van der Waals surface area contributed by atoms with Gasteiger partial charge >= 0.3 is 0 Å². The number of carbonyl (C=O) groups excluding carboxylic acids is 1. The molecule has 0 radical (unpaired) electrons. The number of nitrogens with zero attached hydrogens (tertiary/aromatic N) is 5. The zero-order valence-corrected chi connectivity index (χ0v) is 13.0. The smallest absolute Gasteiger partial charge is 0.231 e. The normalized spacial score (nSPS) is 16.2. The van der Waals surface area contributed by atoms with E-state index in [1.54, 1.807) is 17.0 Å². The summed E-state index contributed by atoms with van der Waals surface area (Å²) in [7, 11) is 0. The molecule has 25 heavy (non-hydrogen) atoms. The van der Waals surface area contributed by atoms with Gasteiger partial charge in [-0.25, -0.2) is 0 Å². The standard InChI is InChI=1S/C15H13N7O3/c16-6-9(15-18-20-21-19-15)7-17-10-4-12-13(25-8-24-12)5-11(10)22-3-1-2-14(22)23/h4-5,7,17H,1-3,8H2,(H,18,19,20,21). The van der Waals surface area contributed by atoms with Crippen LogP contribution in [0.3, 0.4) is 0 Å². The third-order valence-corrected chi connectivity index (χ3v) is 3.93. The molecule has 2 aliphatic heterocycles. The summed E-state index contributed by atoms with van der Waals surface area (Å²) < 4.78 is 10.8. The maximum Gasteiger partial charge on any atom is 0.231 e. The molecule has 3 heterocycles. The van der Waals surface area contributed by atoms with Gasteiger partial charge in [0.15, 0.2) is 11.5 Å². The molecule has 2 aliphatic rings. The van der Waals surface area contributed by atoms with Crippen LogP contribution in [0, 0.1) is 11.3 Å². The van der Waals surface area contributed by atoms with Gasteiger partial charge in [0.05, 0.1) is 11.4 Å². The summed E-state index contributed by atoms with van der Waals surface area (Å²) in [5.74, 6) is 1.38. The molecule has 10 nitrogen and oxygen atoms in total. The molecule has 1 aromatic carbocycles. The number of nitriles is 1. The van der Waals surface area contributed by atoms with E-state index in [9.17, 15) is 10.1 Å². The lowest BCUT2D eigenvalue weighted by molar-refractivity contribution is -0.117. The van der Waals surface area contributed by atoms with Crippen molar-refractivity contribution in [2.45, 2.75) is 12.8 Å². The maximum atomic E-state index is 12.1. The number of tetrazole rings is 1. The lowest BCUT2D eigenvalue weighted by Crippen LogP contribution is -2.24. The number of nitrogens with one attached hydrogen (secondary N) is 2. The Morgan fingerprint density at radius 2 is 2.24 bits per heavy atom. The highest BCUT2D eigenvalue weighted by molar-refractivity contribution is 5.99. The molecule has 2 N–H and O–H groups in total. The van der Waals surface area contributed by atoms with Crippen molar-refractivity contribution in [1.82, 2.24) is 20.6 Å². The average molecular weight is 339 g/mol. The predicted molar refractivity (Wildman–Crippen MR) is 85.5 cm³/mol. The SMILES string of the molecule is N#CC(=CNc1cc2c(cc1N1CCCC1=O)OCO2)c1nn[nH]n1. The van der Waals surface area contributed by atoms with Crippen LogP contribution in [0.1, 0.15) is 18.7 Å². The van der Waals surface area contributed by atoms with E-state index in [0.29, 0.717) is 35.8 Å². The number of fused-ring (bicyclic) bond motifs is 1. The van der Waals surface area contributed by atoms with Crippen LogP contribution >= 0.6 is 0 Å². The fourth-order valence-corrected chi connectivity index (χ4v) is 2.75. The Kier molecular flexibility index (Phi) is 3.66. The minimum Gasteiger partial charge on any atom is -0.454 e. The lowest BCUT2D eigenvalue weighted by Gasteiger charge is -2.20. The number of anilines is 2. The van der Waals surface area contributed by atoms with Gasteiger partial charge < -0.3 is 19.7 Å². The monoisotopic (exact) mass is 339 g/mol. The first-order chi connectivity index (χ1) is 12.3. The molecule has 0 aliphatic carbocycles. The topological polar surface area (TPSA) is 129 Å². The summed E-state index contributed by atoms with van der Waals surface area (Å²) in [6.07, 6.45) is 2.78. The molecule has 1 fully saturated rings. The minimum atomic E-state index is 0.0459. The van der Waals surface area contributed by atoms with Gasteiger partial charge in [-0.2, -0.15) is 10.5 Å². The van der Waals surface area contributed by atoms with Gasteiger partial charge in [0.2, 0.25) is 18.5 Å².